The van der Waals surface area contributed by atoms with Crippen LogP contribution in [-0.4, -0.2) is 44.4 Å². The quantitative estimate of drug-likeness (QED) is 0.582. The van der Waals surface area contributed by atoms with Gasteiger partial charge in [-0.3, -0.25) is 4.79 Å². The molecule has 2 N–H and O–H groups in total. The topological polar surface area (TPSA) is 64.8 Å². The van der Waals surface area contributed by atoms with Crippen molar-refractivity contribution < 1.29 is 14.3 Å². The SMILES string of the molecule is CCOC(=O)CN(CCOC)c1ccc(C(N)=S)c(C)c1. The van der Waals surface area contributed by atoms with E-state index in [-0.39, 0.29) is 12.5 Å². The fourth-order valence-electron chi connectivity index (χ4n) is 1.98. The number of benzene rings is 1. The highest BCUT2D eigenvalue weighted by Crippen LogP contribution is 2.19. The summed E-state index contributed by atoms with van der Waals surface area (Å²) >= 11 is 5.00. The molecule has 0 amide bonds. The first-order valence-electron chi connectivity index (χ1n) is 6.79. The lowest BCUT2D eigenvalue weighted by Crippen LogP contribution is -2.33. The van der Waals surface area contributed by atoms with Crippen LogP contribution in [0.5, 0.6) is 0 Å². The molecule has 0 fully saturated rings. The van der Waals surface area contributed by atoms with Crippen LogP contribution in [0.15, 0.2) is 18.2 Å². The number of carbonyl (C=O) groups is 1. The minimum atomic E-state index is -0.260. The first-order chi connectivity index (χ1) is 9.99. The van der Waals surface area contributed by atoms with Gasteiger partial charge in [-0.15, -0.1) is 0 Å². The summed E-state index contributed by atoms with van der Waals surface area (Å²) in [5.41, 5.74) is 8.40. The van der Waals surface area contributed by atoms with Crippen LogP contribution in [0.1, 0.15) is 18.1 Å². The van der Waals surface area contributed by atoms with E-state index in [4.69, 9.17) is 27.4 Å². The van der Waals surface area contributed by atoms with Gasteiger partial charge in [-0.25, -0.2) is 0 Å². The second-order valence-electron chi connectivity index (χ2n) is 4.58. The molecule has 1 rings (SSSR count). The van der Waals surface area contributed by atoms with Gasteiger partial charge in [0.1, 0.15) is 11.5 Å². The molecular formula is C15H22N2O3S. The first kappa shape index (κ1) is 17.4. The third-order valence-electron chi connectivity index (χ3n) is 3.03. The fourth-order valence-corrected chi connectivity index (χ4v) is 2.21. The zero-order valence-corrected chi connectivity index (χ0v) is 13.5. The van der Waals surface area contributed by atoms with Crippen LogP contribution in [-0.2, 0) is 14.3 Å². The van der Waals surface area contributed by atoms with Crippen molar-refractivity contribution >= 4 is 28.9 Å². The summed E-state index contributed by atoms with van der Waals surface area (Å²) in [6.45, 7) is 5.41. The Balaban J connectivity index is 2.94. The van der Waals surface area contributed by atoms with Gasteiger partial charge in [0.15, 0.2) is 0 Å². The molecule has 0 aliphatic carbocycles. The molecule has 5 nitrogen and oxygen atoms in total. The summed E-state index contributed by atoms with van der Waals surface area (Å²) in [5, 5.41) is 0. The van der Waals surface area contributed by atoms with Gasteiger partial charge >= 0.3 is 5.97 Å². The lowest BCUT2D eigenvalue weighted by molar-refractivity contribution is -0.141. The van der Waals surface area contributed by atoms with Gasteiger partial charge in [0.05, 0.1) is 13.2 Å². The number of nitrogens with two attached hydrogens (primary N) is 1. The molecule has 0 saturated carbocycles. The fraction of sp³-hybridized carbons (Fsp3) is 0.467. The van der Waals surface area contributed by atoms with E-state index in [9.17, 15) is 4.79 Å². The summed E-state index contributed by atoms with van der Waals surface area (Å²) in [4.78, 5) is 14.0. The summed E-state index contributed by atoms with van der Waals surface area (Å²) in [7, 11) is 1.63. The van der Waals surface area contributed by atoms with Gasteiger partial charge in [-0.1, -0.05) is 12.2 Å². The van der Waals surface area contributed by atoms with E-state index in [1.165, 1.54) is 0 Å². The minimum Gasteiger partial charge on any atom is -0.465 e. The maximum absolute atomic E-state index is 11.7. The molecule has 1 aromatic carbocycles. The Bertz CT molecular complexity index is 506. The van der Waals surface area contributed by atoms with Crippen molar-refractivity contribution in [3.8, 4) is 0 Å². The Kier molecular flexibility index (Phi) is 7.11. The van der Waals surface area contributed by atoms with Crippen molar-refractivity contribution in [2.75, 3.05) is 38.3 Å². The number of rotatable bonds is 8. The average molecular weight is 310 g/mol. The van der Waals surface area contributed by atoms with E-state index in [0.29, 0.717) is 24.7 Å². The van der Waals surface area contributed by atoms with E-state index in [1.54, 1.807) is 14.0 Å². The Labute approximate surface area is 131 Å². The highest BCUT2D eigenvalue weighted by atomic mass is 32.1. The van der Waals surface area contributed by atoms with Crippen LogP contribution in [0.4, 0.5) is 5.69 Å². The van der Waals surface area contributed by atoms with Crippen molar-refractivity contribution in [2.45, 2.75) is 13.8 Å². The van der Waals surface area contributed by atoms with E-state index in [1.807, 2.05) is 30.0 Å². The zero-order valence-electron chi connectivity index (χ0n) is 12.7. The molecule has 0 radical (unpaired) electrons. The number of nitrogens with zero attached hydrogens (tertiary/aromatic N) is 1. The summed E-state index contributed by atoms with van der Waals surface area (Å²) in [6, 6.07) is 5.73. The number of hydrogen-bond donors (Lipinski definition) is 1. The number of anilines is 1. The Morgan fingerprint density at radius 3 is 2.67 bits per heavy atom. The first-order valence-corrected chi connectivity index (χ1v) is 7.20. The number of esters is 1. The van der Waals surface area contributed by atoms with Crippen molar-refractivity contribution in [1.29, 1.82) is 0 Å². The highest BCUT2D eigenvalue weighted by molar-refractivity contribution is 7.80. The van der Waals surface area contributed by atoms with Gasteiger partial charge in [0.2, 0.25) is 0 Å². The summed E-state index contributed by atoms with van der Waals surface area (Å²) in [5.74, 6) is -0.260. The molecule has 0 unspecified atom stereocenters. The van der Waals surface area contributed by atoms with Gasteiger partial charge in [0, 0.05) is 24.9 Å². The van der Waals surface area contributed by atoms with Crippen molar-refractivity contribution in [3.63, 3.8) is 0 Å². The number of methoxy groups -OCH3 is 1. The maximum atomic E-state index is 11.7. The molecule has 0 spiro atoms. The predicted octanol–water partition coefficient (Wildman–Crippen LogP) is 1.65. The van der Waals surface area contributed by atoms with E-state index < -0.39 is 0 Å². The molecule has 21 heavy (non-hydrogen) atoms. The Morgan fingerprint density at radius 1 is 1.43 bits per heavy atom. The van der Waals surface area contributed by atoms with Crippen LogP contribution in [0, 0.1) is 6.92 Å². The van der Waals surface area contributed by atoms with E-state index >= 15 is 0 Å². The van der Waals surface area contributed by atoms with Crippen LogP contribution < -0.4 is 10.6 Å². The number of ether oxygens (including phenoxy) is 2. The molecule has 116 valence electrons. The molecule has 0 heterocycles. The molecule has 0 aliphatic rings. The van der Waals surface area contributed by atoms with Crippen LogP contribution in [0.3, 0.4) is 0 Å². The second kappa shape index (κ2) is 8.59. The average Bonchev–Trinajstić information content (AvgIpc) is 2.43. The number of carbonyl (C=O) groups excluding carboxylic acids is 1. The van der Waals surface area contributed by atoms with Crippen molar-refractivity contribution in [2.24, 2.45) is 5.73 Å². The highest BCUT2D eigenvalue weighted by Gasteiger charge is 2.13. The predicted molar refractivity (Wildman–Crippen MR) is 87.8 cm³/mol. The van der Waals surface area contributed by atoms with Crippen LogP contribution in [0.2, 0.25) is 0 Å². The molecule has 0 atom stereocenters. The second-order valence-corrected chi connectivity index (χ2v) is 5.02. The standard InChI is InChI=1S/C15H22N2O3S/c1-4-20-14(18)10-17(7-8-19-3)12-5-6-13(15(16)21)11(2)9-12/h5-6,9H,4,7-8,10H2,1-3H3,(H2,16,21). The molecule has 0 aromatic heterocycles. The van der Waals surface area contributed by atoms with Crippen molar-refractivity contribution in [1.82, 2.24) is 0 Å². The maximum Gasteiger partial charge on any atom is 0.325 e. The van der Waals surface area contributed by atoms with Gasteiger partial charge < -0.3 is 20.1 Å². The Hall–Kier alpha value is -1.66. The minimum absolute atomic E-state index is 0.184. The Morgan fingerprint density at radius 2 is 2.14 bits per heavy atom. The molecule has 0 aliphatic heterocycles. The molecule has 6 heteroatoms. The van der Waals surface area contributed by atoms with Crippen LogP contribution in [0.25, 0.3) is 0 Å². The zero-order chi connectivity index (χ0) is 15.8. The lowest BCUT2D eigenvalue weighted by Gasteiger charge is -2.24. The molecule has 1 aromatic rings. The third-order valence-corrected chi connectivity index (χ3v) is 3.25. The molecule has 0 saturated heterocycles. The van der Waals surface area contributed by atoms with Gasteiger partial charge in [-0.2, -0.15) is 0 Å². The number of aryl methyl sites for hydroxylation is 1. The largest absolute Gasteiger partial charge is 0.465 e. The molecular weight excluding hydrogens is 288 g/mol. The lowest BCUT2D eigenvalue weighted by atomic mass is 10.1. The van der Waals surface area contributed by atoms with E-state index in [2.05, 4.69) is 0 Å². The summed E-state index contributed by atoms with van der Waals surface area (Å²) in [6.07, 6.45) is 0. The van der Waals surface area contributed by atoms with Gasteiger partial charge in [-0.05, 0) is 37.6 Å². The number of thiocarbonyl (C=S) groups is 1. The number of hydrogen-bond acceptors (Lipinski definition) is 5. The van der Waals surface area contributed by atoms with Gasteiger partial charge in [0.25, 0.3) is 0 Å². The smallest absolute Gasteiger partial charge is 0.325 e. The van der Waals surface area contributed by atoms with Crippen molar-refractivity contribution in [3.05, 3.63) is 29.3 Å². The normalized spacial score (nSPS) is 10.2. The monoisotopic (exact) mass is 310 g/mol. The third kappa shape index (κ3) is 5.32. The van der Waals surface area contributed by atoms with E-state index in [0.717, 1.165) is 16.8 Å². The molecule has 0 bridgehead atoms. The summed E-state index contributed by atoms with van der Waals surface area (Å²) < 4.78 is 10.1. The van der Waals surface area contributed by atoms with Crippen LogP contribution >= 0.6 is 12.2 Å².